The lowest BCUT2D eigenvalue weighted by molar-refractivity contribution is -0.384. The van der Waals surface area contributed by atoms with Crippen LogP contribution in [0.5, 0.6) is 5.75 Å². The lowest BCUT2D eigenvalue weighted by Gasteiger charge is -2.13. The number of benzene rings is 4. The van der Waals surface area contributed by atoms with Crippen molar-refractivity contribution in [2.75, 3.05) is 0 Å². The second-order valence-corrected chi connectivity index (χ2v) is 9.20. The van der Waals surface area contributed by atoms with Gasteiger partial charge in [-0.2, -0.15) is 4.68 Å². The molecule has 9 nitrogen and oxygen atoms in total. The largest absolute Gasteiger partial charge is 0.488 e. The lowest BCUT2D eigenvalue weighted by Crippen LogP contribution is -2.01. The fraction of sp³-hybridized carbons (Fsp3) is 0.0968. The number of nitro groups is 1. The topological polar surface area (TPSA) is 109 Å². The van der Waals surface area contributed by atoms with Crippen LogP contribution in [0.25, 0.3) is 39.1 Å². The standard InChI is InChI=1S/C31H24N6O3/c1-2-23-19-30(28-9-5-6-10-29(28)32-23)40-20-21-11-13-22(14-12-21)26-7-3-4-8-27(26)31-33-34-35-36(31)24-15-17-25(18-16-24)37(38)39/h3-19H,2,20H2,1H3. The molecule has 0 N–H and O–H groups in total. The number of nitrogens with zero attached hydrogens (tertiary/aromatic N) is 6. The second kappa shape index (κ2) is 10.7. The highest BCUT2D eigenvalue weighted by Crippen LogP contribution is 2.32. The molecule has 6 aromatic rings. The summed E-state index contributed by atoms with van der Waals surface area (Å²) in [6.45, 7) is 2.51. The first-order valence-electron chi connectivity index (χ1n) is 12.8. The lowest BCUT2D eigenvalue weighted by atomic mass is 9.98. The monoisotopic (exact) mass is 528 g/mol. The van der Waals surface area contributed by atoms with Gasteiger partial charge in [-0.3, -0.25) is 15.1 Å². The number of tetrazole rings is 1. The average Bonchev–Trinajstić information content (AvgIpc) is 3.50. The number of para-hydroxylation sites is 1. The number of aromatic nitrogens is 5. The zero-order valence-electron chi connectivity index (χ0n) is 21.6. The van der Waals surface area contributed by atoms with Crippen molar-refractivity contribution >= 4 is 16.6 Å². The molecule has 0 aliphatic rings. The van der Waals surface area contributed by atoms with E-state index >= 15 is 0 Å². The van der Waals surface area contributed by atoms with Gasteiger partial charge in [0.15, 0.2) is 5.82 Å². The first-order chi connectivity index (χ1) is 19.6. The summed E-state index contributed by atoms with van der Waals surface area (Å²) in [6.07, 6.45) is 0.836. The van der Waals surface area contributed by atoms with Gasteiger partial charge in [0.25, 0.3) is 5.69 Å². The number of rotatable bonds is 8. The molecule has 0 aliphatic heterocycles. The molecule has 2 aromatic heterocycles. The zero-order chi connectivity index (χ0) is 27.5. The number of hydrogen-bond acceptors (Lipinski definition) is 7. The molecule has 0 saturated carbocycles. The van der Waals surface area contributed by atoms with Gasteiger partial charge < -0.3 is 4.74 Å². The summed E-state index contributed by atoms with van der Waals surface area (Å²) in [5, 5.41) is 24.3. The van der Waals surface area contributed by atoms with Gasteiger partial charge in [0.1, 0.15) is 12.4 Å². The molecular weight excluding hydrogens is 504 g/mol. The van der Waals surface area contributed by atoms with Gasteiger partial charge in [0.05, 0.1) is 16.1 Å². The molecule has 0 atom stereocenters. The molecule has 0 amide bonds. The van der Waals surface area contributed by atoms with Crippen LogP contribution in [-0.4, -0.2) is 30.1 Å². The van der Waals surface area contributed by atoms with Crippen molar-refractivity contribution in [2.45, 2.75) is 20.0 Å². The molecule has 0 radical (unpaired) electrons. The number of ether oxygens (including phenoxy) is 1. The SMILES string of the molecule is CCc1cc(OCc2ccc(-c3ccccc3-c3nnnn3-c3ccc([N+](=O)[O-])cc3)cc2)c2ccccc2n1. The Morgan fingerprint density at radius 3 is 2.35 bits per heavy atom. The molecule has 40 heavy (non-hydrogen) atoms. The molecule has 0 saturated heterocycles. The second-order valence-electron chi connectivity index (χ2n) is 9.20. The Balaban J connectivity index is 1.26. The Labute approximate surface area is 229 Å². The van der Waals surface area contributed by atoms with Gasteiger partial charge in [-0.05, 0) is 57.8 Å². The third-order valence-corrected chi connectivity index (χ3v) is 6.70. The third kappa shape index (κ3) is 4.88. The smallest absolute Gasteiger partial charge is 0.269 e. The molecule has 0 aliphatic carbocycles. The van der Waals surface area contributed by atoms with Crippen LogP contribution in [0, 0.1) is 10.1 Å². The van der Waals surface area contributed by atoms with E-state index < -0.39 is 4.92 Å². The van der Waals surface area contributed by atoms with E-state index in [1.807, 2.05) is 54.6 Å². The van der Waals surface area contributed by atoms with E-state index in [0.29, 0.717) is 18.1 Å². The zero-order valence-corrected chi connectivity index (χ0v) is 21.6. The van der Waals surface area contributed by atoms with E-state index in [9.17, 15) is 10.1 Å². The van der Waals surface area contributed by atoms with Crippen molar-refractivity contribution in [3.8, 4) is 34.0 Å². The van der Waals surface area contributed by atoms with E-state index in [0.717, 1.165) is 51.0 Å². The van der Waals surface area contributed by atoms with Crippen LogP contribution < -0.4 is 4.74 Å². The van der Waals surface area contributed by atoms with Gasteiger partial charge in [-0.15, -0.1) is 5.10 Å². The van der Waals surface area contributed by atoms with Gasteiger partial charge >= 0.3 is 0 Å². The molecule has 2 heterocycles. The van der Waals surface area contributed by atoms with Crippen LogP contribution in [0.15, 0.2) is 103 Å². The number of aryl methyl sites for hydroxylation is 1. The van der Waals surface area contributed by atoms with Crippen molar-refractivity contribution in [3.63, 3.8) is 0 Å². The number of nitro benzene ring substituents is 1. The minimum Gasteiger partial charge on any atom is -0.488 e. The van der Waals surface area contributed by atoms with Crippen molar-refractivity contribution < 1.29 is 9.66 Å². The van der Waals surface area contributed by atoms with E-state index in [4.69, 9.17) is 9.72 Å². The highest BCUT2D eigenvalue weighted by atomic mass is 16.6. The summed E-state index contributed by atoms with van der Waals surface area (Å²) in [6, 6.07) is 32.2. The van der Waals surface area contributed by atoms with Crippen LogP contribution in [0.4, 0.5) is 5.69 Å². The average molecular weight is 529 g/mol. The maximum Gasteiger partial charge on any atom is 0.269 e. The molecule has 0 spiro atoms. The molecule has 0 fully saturated rings. The fourth-order valence-corrected chi connectivity index (χ4v) is 4.61. The van der Waals surface area contributed by atoms with Gasteiger partial charge in [-0.1, -0.05) is 67.6 Å². The minimum atomic E-state index is -0.435. The predicted molar refractivity (Wildman–Crippen MR) is 152 cm³/mol. The molecule has 4 aromatic carbocycles. The number of pyridine rings is 1. The molecule has 0 unspecified atom stereocenters. The molecule has 0 bridgehead atoms. The quantitative estimate of drug-likeness (QED) is 0.162. The number of hydrogen-bond donors (Lipinski definition) is 0. The maximum absolute atomic E-state index is 11.1. The molecular formula is C31H24N6O3. The van der Waals surface area contributed by atoms with E-state index in [1.54, 1.807) is 16.8 Å². The molecule has 9 heteroatoms. The van der Waals surface area contributed by atoms with Crippen LogP contribution >= 0.6 is 0 Å². The Bertz CT molecular complexity index is 1810. The highest BCUT2D eigenvalue weighted by Gasteiger charge is 2.16. The van der Waals surface area contributed by atoms with Crippen molar-refractivity contribution in [1.82, 2.24) is 25.2 Å². The summed E-state index contributed by atoms with van der Waals surface area (Å²) in [4.78, 5) is 15.3. The van der Waals surface area contributed by atoms with Crippen LogP contribution in [0.2, 0.25) is 0 Å². The normalized spacial score (nSPS) is 11.0. The maximum atomic E-state index is 11.1. The Morgan fingerprint density at radius 1 is 0.875 bits per heavy atom. The predicted octanol–water partition coefficient (Wildman–Crippen LogP) is 6.59. The first-order valence-corrected chi connectivity index (χ1v) is 12.8. The summed E-state index contributed by atoms with van der Waals surface area (Å²) in [5.41, 5.74) is 6.40. The van der Waals surface area contributed by atoms with Crippen molar-refractivity contribution in [3.05, 3.63) is 124 Å². The van der Waals surface area contributed by atoms with Crippen LogP contribution in [0.1, 0.15) is 18.2 Å². The Morgan fingerprint density at radius 2 is 1.60 bits per heavy atom. The highest BCUT2D eigenvalue weighted by molar-refractivity contribution is 5.85. The number of fused-ring (bicyclic) bond motifs is 1. The Hall–Kier alpha value is -5.44. The van der Waals surface area contributed by atoms with Gasteiger partial charge in [-0.25, -0.2) is 0 Å². The summed E-state index contributed by atoms with van der Waals surface area (Å²) in [5.74, 6) is 1.36. The van der Waals surface area contributed by atoms with Crippen LogP contribution in [-0.2, 0) is 13.0 Å². The van der Waals surface area contributed by atoms with Crippen molar-refractivity contribution in [2.24, 2.45) is 0 Å². The number of non-ortho nitro benzene ring substituents is 1. The summed E-state index contributed by atoms with van der Waals surface area (Å²) >= 11 is 0. The third-order valence-electron chi connectivity index (χ3n) is 6.70. The van der Waals surface area contributed by atoms with Gasteiger partial charge in [0, 0.05) is 34.8 Å². The first kappa shape index (κ1) is 24.9. The molecule has 6 rings (SSSR count). The minimum absolute atomic E-state index is 0.00534. The Kier molecular flexibility index (Phi) is 6.68. The van der Waals surface area contributed by atoms with E-state index in [2.05, 4.69) is 46.7 Å². The molecule has 196 valence electrons. The summed E-state index contributed by atoms with van der Waals surface area (Å²) in [7, 11) is 0. The van der Waals surface area contributed by atoms with E-state index in [-0.39, 0.29) is 5.69 Å². The van der Waals surface area contributed by atoms with Crippen molar-refractivity contribution in [1.29, 1.82) is 0 Å². The fourth-order valence-electron chi connectivity index (χ4n) is 4.61. The van der Waals surface area contributed by atoms with Gasteiger partial charge in [0.2, 0.25) is 0 Å². The summed E-state index contributed by atoms with van der Waals surface area (Å²) < 4.78 is 7.83. The van der Waals surface area contributed by atoms with Crippen LogP contribution in [0.3, 0.4) is 0 Å². The van der Waals surface area contributed by atoms with E-state index in [1.165, 1.54) is 12.1 Å².